The number of carbonyl (C=O) groups is 1. The molecule has 0 spiro atoms. The zero-order valence-corrected chi connectivity index (χ0v) is 19.5. The molecule has 0 unspecified atom stereocenters. The van der Waals surface area contributed by atoms with Crippen molar-refractivity contribution >= 4 is 6.16 Å². The van der Waals surface area contributed by atoms with E-state index in [2.05, 4.69) is 45.3 Å². The van der Waals surface area contributed by atoms with Crippen molar-refractivity contribution < 1.29 is 14.3 Å². The molecule has 3 aliphatic heterocycles. The number of likely N-dealkylation sites (tertiary alicyclic amines) is 3. The van der Waals surface area contributed by atoms with Crippen LogP contribution in [0.1, 0.15) is 65.2 Å². The van der Waals surface area contributed by atoms with Gasteiger partial charge in [-0.25, -0.2) is 4.79 Å². The van der Waals surface area contributed by atoms with Crippen LogP contribution < -0.4 is 0 Å². The molecule has 0 aliphatic carbocycles. The molecule has 0 atom stereocenters. The van der Waals surface area contributed by atoms with Gasteiger partial charge in [-0.05, 0) is 113 Å². The molecule has 0 saturated carbocycles. The second-order valence-corrected chi connectivity index (χ2v) is 8.36. The predicted molar refractivity (Wildman–Crippen MR) is 118 cm³/mol. The van der Waals surface area contributed by atoms with Crippen LogP contribution in [0.5, 0.6) is 0 Å². The third kappa shape index (κ3) is 18.5. The molecule has 6 heteroatoms. The maximum Gasteiger partial charge on any atom is 0.508 e. The Morgan fingerprint density at radius 3 is 1.04 bits per heavy atom. The van der Waals surface area contributed by atoms with Crippen LogP contribution in [0, 0.1) is 0 Å². The maximum atomic E-state index is 10.2. The number of nitrogens with zero attached hydrogens (tertiary/aromatic N) is 3. The molecule has 3 saturated heterocycles. The number of methoxy groups -OCH3 is 1. The van der Waals surface area contributed by atoms with Crippen LogP contribution in [0.15, 0.2) is 0 Å². The van der Waals surface area contributed by atoms with Crippen LogP contribution in [0.4, 0.5) is 4.79 Å². The van der Waals surface area contributed by atoms with E-state index in [4.69, 9.17) is 0 Å². The first-order valence-electron chi connectivity index (χ1n) is 11.2. The van der Waals surface area contributed by atoms with Gasteiger partial charge in [0.1, 0.15) is 0 Å². The molecule has 0 aromatic heterocycles. The summed E-state index contributed by atoms with van der Waals surface area (Å²) in [5.74, 6) is 0. The minimum absolute atomic E-state index is 0.0950. The molecule has 168 valence electrons. The van der Waals surface area contributed by atoms with Crippen LogP contribution in [-0.2, 0) is 9.47 Å². The number of hydrogen-bond acceptors (Lipinski definition) is 6. The Morgan fingerprint density at radius 2 is 0.929 bits per heavy atom. The second kappa shape index (κ2) is 18.2. The predicted octanol–water partition coefficient (Wildman–Crippen LogP) is 4.09. The first kappa shape index (κ1) is 27.1. The molecule has 3 heterocycles. The lowest BCUT2D eigenvalue weighted by Crippen LogP contribution is -2.24. The smallest absolute Gasteiger partial charge is 0.438 e. The zero-order valence-electron chi connectivity index (χ0n) is 19.5. The number of carbonyl (C=O) groups excluding carboxylic acids is 1. The molecule has 0 amide bonds. The van der Waals surface area contributed by atoms with Gasteiger partial charge in [-0.1, -0.05) is 12.8 Å². The minimum Gasteiger partial charge on any atom is -0.438 e. The van der Waals surface area contributed by atoms with E-state index in [0.29, 0.717) is 0 Å². The third-order valence-electron chi connectivity index (χ3n) is 4.99. The Bertz CT molecular complexity index is 333. The van der Waals surface area contributed by atoms with E-state index in [1.165, 1.54) is 97.7 Å². The number of rotatable bonds is 1. The van der Waals surface area contributed by atoms with Gasteiger partial charge in [-0.15, -0.1) is 0 Å². The van der Waals surface area contributed by atoms with Gasteiger partial charge in [0.05, 0.1) is 13.2 Å². The Kier molecular flexibility index (Phi) is 17.6. The number of hydrogen-bond donors (Lipinski definition) is 0. The summed E-state index contributed by atoms with van der Waals surface area (Å²) in [5, 5.41) is 0. The quantitative estimate of drug-likeness (QED) is 0.617. The highest BCUT2D eigenvalue weighted by Crippen LogP contribution is 2.05. The largest absolute Gasteiger partial charge is 0.508 e. The molecule has 3 fully saturated rings. The summed E-state index contributed by atoms with van der Waals surface area (Å²) in [5.41, 5.74) is 0. The fourth-order valence-electron chi connectivity index (χ4n) is 3.22. The summed E-state index contributed by atoms with van der Waals surface area (Å²) in [4.78, 5) is 17.3. The van der Waals surface area contributed by atoms with Crippen LogP contribution in [0.25, 0.3) is 0 Å². The summed E-state index contributed by atoms with van der Waals surface area (Å²) < 4.78 is 8.74. The van der Waals surface area contributed by atoms with Crippen molar-refractivity contribution in [3.05, 3.63) is 0 Å². The van der Waals surface area contributed by atoms with Crippen LogP contribution in [0.2, 0.25) is 0 Å². The van der Waals surface area contributed by atoms with E-state index in [1.54, 1.807) is 13.8 Å². The Morgan fingerprint density at radius 1 is 0.643 bits per heavy atom. The highest BCUT2D eigenvalue weighted by molar-refractivity contribution is 5.59. The lowest BCUT2D eigenvalue weighted by atomic mass is 10.1. The van der Waals surface area contributed by atoms with Crippen molar-refractivity contribution in [2.45, 2.75) is 71.3 Å². The highest BCUT2D eigenvalue weighted by Gasteiger charge is 2.04. The zero-order chi connectivity index (χ0) is 21.2. The molecular formula is C22H47N3O3. The average molecular weight is 402 g/mol. The van der Waals surface area contributed by atoms with E-state index in [-0.39, 0.29) is 6.10 Å². The van der Waals surface area contributed by atoms with Gasteiger partial charge in [0, 0.05) is 0 Å². The van der Waals surface area contributed by atoms with E-state index < -0.39 is 6.16 Å². The van der Waals surface area contributed by atoms with Gasteiger partial charge >= 0.3 is 6.16 Å². The lowest BCUT2D eigenvalue weighted by Gasteiger charge is -2.20. The second-order valence-electron chi connectivity index (χ2n) is 8.36. The molecule has 0 aromatic carbocycles. The summed E-state index contributed by atoms with van der Waals surface area (Å²) in [6.07, 6.45) is 10.7. The fourth-order valence-corrected chi connectivity index (χ4v) is 3.22. The fraction of sp³-hybridized carbons (Fsp3) is 0.955. The topological polar surface area (TPSA) is 45.2 Å². The average Bonchev–Trinajstić information content (AvgIpc) is 3.15. The lowest BCUT2D eigenvalue weighted by molar-refractivity contribution is 0.0496. The van der Waals surface area contributed by atoms with E-state index in [1.807, 2.05) is 0 Å². The van der Waals surface area contributed by atoms with Gasteiger partial charge in [0.15, 0.2) is 0 Å². The van der Waals surface area contributed by atoms with Crippen molar-refractivity contribution in [1.29, 1.82) is 0 Å². The van der Waals surface area contributed by atoms with E-state index >= 15 is 0 Å². The third-order valence-corrected chi connectivity index (χ3v) is 4.99. The van der Waals surface area contributed by atoms with Crippen molar-refractivity contribution in [2.24, 2.45) is 0 Å². The summed E-state index contributed by atoms with van der Waals surface area (Å²) in [7, 11) is 7.84. The molecule has 28 heavy (non-hydrogen) atoms. The van der Waals surface area contributed by atoms with E-state index in [0.717, 1.165) is 0 Å². The molecular weight excluding hydrogens is 354 g/mol. The molecule has 3 rings (SSSR count). The first-order valence-corrected chi connectivity index (χ1v) is 11.2. The molecule has 3 aliphatic rings. The van der Waals surface area contributed by atoms with Gasteiger partial charge in [0.2, 0.25) is 0 Å². The Balaban J connectivity index is 0.000000348. The molecule has 6 nitrogen and oxygen atoms in total. The number of ether oxygens (including phenoxy) is 2. The van der Waals surface area contributed by atoms with Crippen molar-refractivity contribution in [2.75, 3.05) is 67.5 Å². The van der Waals surface area contributed by atoms with Crippen LogP contribution in [0.3, 0.4) is 0 Å². The van der Waals surface area contributed by atoms with Gasteiger partial charge < -0.3 is 24.2 Å². The summed E-state index contributed by atoms with van der Waals surface area (Å²) >= 11 is 0. The molecule has 0 N–H and O–H groups in total. The van der Waals surface area contributed by atoms with Crippen LogP contribution in [-0.4, -0.2) is 94.5 Å². The molecule has 0 radical (unpaired) electrons. The van der Waals surface area contributed by atoms with Gasteiger partial charge in [-0.3, -0.25) is 0 Å². The summed E-state index contributed by atoms with van der Waals surface area (Å²) in [6.45, 7) is 11.4. The standard InChI is InChI=1S/2C6H13N.C5H11N.C5H10O3/c2*1-7-5-3-2-4-6-7;1-6-4-2-3-5-6;1-4(2)8-5(6)7-3/h2*2-6H2,1H3;2-5H2,1H3;4H,1-3H3. The Hall–Kier alpha value is -0.850. The first-order chi connectivity index (χ1) is 13.3. The highest BCUT2D eigenvalue weighted by atomic mass is 16.7. The monoisotopic (exact) mass is 401 g/mol. The van der Waals surface area contributed by atoms with Crippen LogP contribution >= 0.6 is 0 Å². The van der Waals surface area contributed by atoms with E-state index in [9.17, 15) is 4.79 Å². The maximum absolute atomic E-state index is 10.2. The molecule has 0 aromatic rings. The summed E-state index contributed by atoms with van der Waals surface area (Å²) in [6, 6.07) is 0. The van der Waals surface area contributed by atoms with Gasteiger partial charge in [-0.2, -0.15) is 0 Å². The minimum atomic E-state index is -0.625. The van der Waals surface area contributed by atoms with Crippen molar-refractivity contribution in [1.82, 2.24) is 14.7 Å². The normalized spacial score (nSPS) is 20.7. The molecule has 0 bridgehead atoms. The van der Waals surface area contributed by atoms with Crippen molar-refractivity contribution in [3.63, 3.8) is 0 Å². The number of piperidine rings is 2. The van der Waals surface area contributed by atoms with Gasteiger partial charge in [0.25, 0.3) is 0 Å². The Labute approximate surface area is 174 Å². The SMILES string of the molecule is CN1CCCC1.CN1CCCCC1.CN1CCCCC1.COC(=O)OC(C)C. The van der Waals surface area contributed by atoms with Crippen molar-refractivity contribution in [3.8, 4) is 0 Å².